The van der Waals surface area contributed by atoms with E-state index in [9.17, 15) is 14.4 Å². The summed E-state index contributed by atoms with van der Waals surface area (Å²) >= 11 is 0. The number of esters is 3. The molecule has 0 radical (unpaired) electrons. The Morgan fingerprint density at radius 2 is 0.539 bits per heavy atom. The van der Waals surface area contributed by atoms with Gasteiger partial charge in [-0.2, -0.15) is 0 Å². The van der Waals surface area contributed by atoms with Crippen LogP contribution in [0.1, 0.15) is 310 Å². The Morgan fingerprint density at radius 3 is 0.855 bits per heavy atom. The molecule has 0 aliphatic heterocycles. The molecular formula is C70H120O6. The second-order valence-electron chi connectivity index (χ2n) is 21.3. The Hall–Kier alpha value is -3.67. The maximum Gasteiger partial charge on any atom is 0.306 e. The van der Waals surface area contributed by atoms with E-state index >= 15 is 0 Å². The van der Waals surface area contributed by atoms with Crippen molar-refractivity contribution in [2.75, 3.05) is 13.2 Å². The van der Waals surface area contributed by atoms with Crippen LogP contribution in [-0.4, -0.2) is 37.2 Å². The zero-order chi connectivity index (χ0) is 55.0. The zero-order valence-corrected chi connectivity index (χ0v) is 50.0. The summed E-state index contributed by atoms with van der Waals surface area (Å²) < 4.78 is 16.9. The van der Waals surface area contributed by atoms with E-state index in [0.29, 0.717) is 19.3 Å². The molecule has 1 atom stereocenters. The maximum atomic E-state index is 12.9. The Labute approximate surface area is 470 Å². The summed E-state index contributed by atoms with van der Waals surface area (Å²) in [6, 6.07) is 0. The van der Waals surface area contributed by atoms with Gasteiger partial charge in [0.2, 0.25) is 0 Å². The van der Waals surface area contributed by atoms with Crippen molar-refractivity contribution in [3.8, 4) is 0 Å². The molecule has 0 aliphatic rings. The van der Waals surface area contributed by atoms with E-state index in [-0.39, 0.29) is 37.5 Å². The molecule has 0 amide bonds. The highest BCUT2D eigenvalue weighted by atomic mass is 16.6. The van der Waals surface area contributed by atoms with Gasteiger partial charge in [-0.15, -0.1) is 0 Å². The van der Waals surface area contributed by atoms with Gasteiger partial charge in [-0.05, 0) is 89.9 Å². The van der Waals surface area contributed by atoms with Crippen molar-refractivity contribution < 1.29 is 28.6 Å². The molecule has 0 heterocycles. The molecule has 0 saturated carbocycles. The molecule has 0 fully saturated rings. The Bertz CT molecular complexity index is 1490. The van der Waals surface area contributed by atoms with Crippen LogP contribution in [-0.2, 0) is 28.6 Å². The van der Waals surface area contributed by atoms with E-state index in [0.717, 1.165) is 83.5 Å². The van der Waals surface area contributed by atoms with Gasteiger partial charge in [0, 0.05) is 19.3 Å². The third-order valence-electron chi connectivity index (χ3n) is 13.8. The molecule has 0 bridgehead atoms. The fourth-order valence-electron chi connectivity index (χ4n) is 9.03. The predicted molar refractivity (Wildman–Crippen MR) is 330 cm³/mol. The van der Waals surface area contributed by atoms with Crippen LogP contribution in [0.4, 0.5) is 0 Å². The van der Waals surface area contributed by atoms with Crippen LogP contribution in [0.5, 0.6) is 0 Å². The minimum atomic E-state index is -0.820. The van der Waals surface area contributed by atoms with E-state index in [1.165, 1.54) is 180 Å². The third-order valence-corrected chi connectivity index (χ3v) is 13.8. The molecule has 0 aliphatic carbocycles. The molecule has 0 aromatic carbocycles. The number of carbonyl (C=O) groups excluding carboxylic acids is 3. The number of hydrogen-bond acceptors (Lipinski definition) is 6. The highest BCUT2D eigenvalue weighted by molar-refractivity contribution is 5.71. The average Bonchev–Trinajstić information content (AvgIpc) is 3.42. The SMILES string of the molecule is CC/C=C\C/C=C\C/C=C\C/C=C\C/C=C\C/C=C\CCC(=O)OC(COC(=O)CCCCCCCCCCC/C=C\C/C=C\CCCCCCC)COC(=O)CCCCCCCCCCCCCCCCCCCC. The monoisotopic (exact) mass is 1060 g/mol. The van der Waals surface area contributed by atoms with Crippen molar-refractivity contribution in [1.82, 2.24) is 0 Å². The fraction of sp³-hybridized carbons (Fsp3) is 0.729. The zero-order valence-electron chi connectivity index (χ0n) is 50.0. The first-order chi connectivity index (χ1) is 37.5. The van der Waals surface area contributed by atoms with Crippen molar-refractivity contribution in [3.63, 3.8) is 0 Å². The lowest BCUT2D eigenvalue weighted by molar-refractivity contribution is -0.166. The van der Waals surface area contributed by atoms with Gasteiger partial charge in [0.05, 0.1) is 0 Å². The summed E-state index contributed by atoms with van der Waals surface area (Å²) in [5, 5.41) is 0. The topological polar surface area (TPSA) is 78.9 Å². The Balaban J connectivity index is 4.47. The fourth-order valence-corrected chi connectivity index (χ4v) is 9.03. The summed E-state index contributed by atoms with van der Waals surface area (Å²) in [6.45, 7) is 6.49. The predicted octanol–water partition coefficient (Wildman–Crippen LogP) is 22.0. The first-order valence-electron chi connectivity index (χ1n) is 32.2. The van der Waals surface area contributed by atoms with Crippen molar-refractivity contribution in [2.45, 2.75) is 316 Å². The van der Waals surface area contributed by atoms with Crippen molar-refractivity contribution >= 4 is 17.9 Å². The van der Waals surface area contributed by atoms with Crippen LogP contribution in [0, 0.1) is 0 Å². The van der Waals surface area contributed by atoms with Crippen molar-refractivity contribution in [2.24, 2.45) is 0 Å². The van der Waals surface area contributed by atoms with Crippen LogP contribution >= 0.6 is 0 Å². The third kappa shape index (κ3) is 61.2. The molecule has 1 unspecified atom stereocenters. The number of unbranched alkanes of at least 4 members (excludes halogenated alkanes) is 31. The Kier molecular flexibility index (Phi) is 60.8. The number of allylic oxidation sites excluding steroid dienone is 16. The van der Waals surface area contributed by atoms with Crippen LogP contribution in [0.15, 0.2) is 97.2 Å². The summed E-state index contributed by atoms with van der Waals surface area (Å²) in [6.07, 6.45) is 85.6. The molecule has 436 valence electrons. The van der Waals surface area contributed by atoms with E-state index < -0.39 is 6.10 Å². The molecule has 0 saturated heterocycles. The van der Waals surface area contributed by atoms with Crippen molar-refractivity contribution in [3.05, 3.63) is 97.2 Å². The number of rotatable bonds is 58. The number of hydrogen-bond donors (Lipinski definition) is 0. The first kappa shape index (κ1) is 72.3. The molecule has 6 nitrogen and oxygen atoms in total. The first-order valence-corrected chi connectivity index (χ1v) is 32.2. The molecule has 0 N–H and O–H groups in total. The number of ether oxygens (including phenoxy) is 3. The highest BCUT2D eigenvalue weighted by Crippen LogP contribution is 2.16. The van der Waals surface area contributed by atoms with Gasteiger partial charge in [-0.3, -0.25) is 14.4 Å². The van der Waals surface area contributed by atoms with Crippen LogP contribution in [0.25, 0.3) is 0 Å². The van der Waals surface area contributed by atoms with Gasteiger partial charge >= 0.3 is 17.9 Å². The molecule has 0 aromatic heterocycles. The summed E-state index contributed by atoms with van der Waals surface area (Å²) in [5.41, 5.74) is 0. The molecule has 0 rings (SSSR count). The number of carbonyl (C=O) groups is 3. The van der Waals surface area contributed by atoms with Gasteiger partial charge in [0.1, 0.15) is 13.2 Å². The normalized spacial score (nSPS) is 12.7. The van der Waals surface area contributed by atoms with E-state index in [4.69, 9.17) is 14.2 Å². The van der Waals surface area contributed by atoms with Crippen molar-refractivity contribution in [1.29, 1.82) is 0 Å². The smallest absolute Gasteiger partial charge is 0.306 e. The lowest BCUT2D eigenvalue weighted by Crippen LogP contribution is -2.30. The molecule has 0 spiro atoms. The van der Waals surface area contributed by atoms with Gasteiger partial charge < -0.3 is 14.2 Å². The van der Waals surface area contributed by atoms with E-state index in [1.807, 2.05) is 6.08 Å². The molecular weight excluding hydrogens is 937 g/mol. The minimum absolute atomic E-state index is 0.107. The second kappa shape index (κ2) is 63.9. The highest BCUT2D eigenvalue weighted by Gasteiger charge is 2.19. The van der Waals surface area contributed by atoms with Gasteiger partial charge in [-0.1, -0.05) is 298 Å². The largest absolute Gasteiger partial charge is 0.462 e. The Morgan fingerprint density at radius 1 is 0.276 bits per heavy atom. The summed E-state index contributed by atoms with van der Waals surface area (Å²) in [7, 11) is 0. The van der Waals surface area contributed by atoms with E-state index in [2.05, 4.69) is 112 Å². The lowest BCUT2D eigenvalue weighted by Gasteiger charge is -2.18. The molecule has 76 heavy (non-hydrogen) atoms. The van der Waals surface area contributed by atoms with Gasteiger partial charge in [0.15, 0.2) is 6.10 Å². The average molecular weight is 1060 g/mol. The van der Waals surface area contributed by atoms with Gasteiger partial charge in [0.25, 0.3) is 0 Å². The van der Waals surface area contributed by atoms with Gasteiger partial charge in [-0.25, -0.2) is 0 Å². The van der Waals surface area contributed by atoms with E-state index in [1.54, 1.807) is 0 Å². The van der Waals surface area contributed by atoms with Crippen LogP contribution in [0.2, 0.25) is 0 Å². The summed E-state index contributed by atoms with van der Waals surface area (Å²) in [4.78, 5) is 38.3. The molecule has 0 aromatic rings. The summed E-state index contributed by atoms with van der Waals surface area (Å²) in [5.74, 6) is -0.984. The lowest BCUT2D eigenvalue weighted by atomic mass is 10.0. The van der Waals surface area contributed by atoms with Crippen LogP contribution in [0.3, 0.4) is 0 Å². The molecule has 6 heteroatoms. The quantitative estimate of drug-likeness (QED) is 0.0261. The van der Waals surface area contributed by atoms with Crippen LogP contribution < -0.4 is 0 Å². The minimum Gasteiger partial charge on any atom is -0.462 e. The standard InChI is InChI=1S/C70H120O6/c1-4-7-10-13-16-19-22-25-28-31-34-35-37-39-42-45-48-51-54-57-60-63-69(72)75-66-67(65-74-68(71)62-59-56-53-50-47-44-41-38-33-30-27-24-21-18-15-12-9-6-3)76-70(73)64-61-58-55-52-49-46-43-40-36-32-29-26-23-20-17-14-11-8-5-2/h8,11,17,20,22,25-26,29,31,34,36,40,46,49,55,58,67H,4-7,9-10,12-16,18-19,21,23-24,27-28,30,32-33,35,37-39,41-45,47-48,50-54,56-57,59-66H2,1-3H3/b11-8-,20-17-,25-22-,29-26-,34-31-,40-36-,49-46-,58-55-. The maximum absolute atomic E-state index is 12.9. The second-order valence-corrected chi connectivity index (χ2v) is 21.3.